The molecule has 118 heavy (non-hydrogen) atoms. The largest absolute Gasteiger partial charge is 0.507 e. The average molecular weight is 1700 g/mol. The predicted molar refractivity (Wildman–Crippen MR) is 393 cm³/mol. The molecule has 0 aliphatic heterocycles. The fourth-order valence-corrected chi connectivity index (χ4v) is 15.9. The van der Waals surface area contributed by atoms with Gasteiger partial charge in [-0.15, -0.1) is 0 Å². The second-order valence-corrected chi connectivity index (χ2v) is 29.9. The number of hydrogen-bond acceptors (Lipinski definition) is 6. The molecule has 34 heteroatoms. The van der Waals surface area contributed by atoms with Crippen molar-refractivity contribution in [2.45, 2.75) is 59.2 Å². The summed E-state index contributed by atoms with van der Waals surface area (Å²) in [6, 6.07) is 45.0. The number of hydrogen-bond donors (Lipinski definition) is 4. The van der Waals surface area contributed by atoms with Crippen LogP contribution in [0.4, 0.5) is 117 Å². The van der Waals surface area contributed by atoms with E-state index in [0.29, 0.717) is 45.8 Å². The number of phenols is 2. The van der Waals surface area contributed by atoms with Gasteiger partial charge in [-0.3, -0.25) is 9.44 Å². The Balaban J connectivity index is 0.000000205. The van der Waals surface area contributed by atoms with E-state index in [1.807, 2.05) is 9.44 Å². The third-order valence-corrected chi connectivity index (χ3v) is 21.6. The SMILES string of the molecule is O=S(=O)(Nc1ccccc1-c1cc2ccccc2c(-c2c(-c3cc(C(F)(F)F)cc(C(F)(F)F)c3)ccc3ccccc23)c1O)c1cc(C(F)(F)F)cc(C(F)(F)F)c1.O=S(=O)(Nc1ccccc1-c1cc2ccccc2c(-c2c(-c3cc(C(F)(F)F)cc(C(F)(F)F)c3)ccc3ccccc23)c1O)c1cc(C(F)(F)F)cc(C(F)(F)F)c1. The minimum absolute atomic E-state index is 0.0197. The minimum atomic E-state index is -5.38. The summed E-state index contributed by atoms with van der Waals surface area (Å²) in [7, 11) is -10.5. The van der Waals surface area contributed by atoms with E-state index in [2.05, 4.69) is 0 Å². The third kappa shape index (κ3) is 16.9. The van der Waals surface area contributed by atoms with Crippen LogP contribution in [-0.2, 0) is 69.5 Å². The van der Waals surface area contributed by atoms with Crippen LogP contribution in [0.1, 0.15) is 44.5 Å². The van der Waals surface area contributed by atoms with Crippen LogP contribution in [-0.4, -0.2) is 27.0 Å². The van der Waals surface area contributed by atoms with E-state index in [-0.39, 0.29) is 126 Å². The zero-order chi connectivity index (χ0) is 85.7. The Kier molecular flexibility index (Phi) is 21.2. The Morgan fingerprint density at radius 1 is 0.220 bits per heavy atom. The van der Waals surface area contributed by atoms with Gasteiger partial charge in [-0.25, -0.2) is 16.8 Å². The molecule has 0 heterocycles. The second kappa shape index (κ2) is 29.9. The van der Waals surface area contributed by atoms with Crippen molar-refractivity contribution in [1.82, 2.24) is 0 Å². The number of alkyl halides is 24. The lowest BCUT2D eigenvalue weighted by Gasteiger charge is -2.22. The van der Waals surface area contributed by atoms with E-state index in [4.69, 9.17) is 0 Å². The molecule has 0 amide bonds. The lowest BCUT2D eigenvalue weighted by molar-refractivity contribution is -0.145. The molecule has 0 fully saturated rings. The van der Waals surface area contributed by atoms with Gasteiger partial charge in [0.15, 0.2) is 0 Å². The molecule has 0 unspecified atom stereocenters. The number of para-hydroxylation sites is 2. The fraction of sp³-hybridized carbons (Fsp3) is 0.0952. The first-order chi connectivity index (χ1) is 54.9. The molecule has 4 N–H and O–H groups in total. The molecule has 0 aliphatic rings. The van der Waals surface area contributed by atoms with Gasteiger partial charge in [0.25, 0.3) is 20.0 Å². The van der Waals surface area contributed by atoms with Crippen molar-refractivity contribution in [2.24, 2.45) is 0 Å². The highest BCUT2D eigenvalue weighted by molar-refractivity contribution is 7.93. The zero-order valence-corrected chi connectivity index (χ0v) is 60.3. The highest BCUT2D eigenvalue weighted by atomic mass is 32.2. The number of halogens is 24. The topological polar surface area (TPSA) is 133 Å². The molecule has 0 spiro atoms. The van der Waals surface area contributed by atoms with E-state index < -0.39 is 158 Å². The van der Waals surface area contributed by atoms with Gasteiger partial charge in [-0.2, -0.15) is 105 Å². The quantitative estimate of drug-likeness (QED) is 0.0901. The molecule has 0 saturated heterocycles. The standard InChI is InChI=1S/2C42H23F12NO3S/c2*43-39(44,45)25-15-24(16-26(18-25)40(46,47)48)32-14-13-22-7-1-3-9-30(22)36(32)37-31-10-4-2-8-23(31)17-34(38(37)56)33-11-5-6-12-35(33)55-59(57,58)29-20-27(41(49,50)51)19-28(21-29)42(52,53)54/h2*1-21,55-56H. The summed E-state index contributed by atoms with van der Waals surface area (Å²) in [5.41, 5.74) is -17.2. The fourth-order valence-electron chi connectivity index (χ4n) is 13.6. The predicted octanol–water partition coefficient (Wildman–Crippen LogP) is 27.2. The smallest absolute Gasteiger partial charge is 0.416 e. The van der Waals surface area contributed by atoms with Crippen LogP contribution in [0.15, 0.2) is 265 Å². The Hall–Kier alpha value is -12.5. The maximum absolute atomic E-state index is 14.1. The van der Waals surface area contributed by atoms with Crippen LogP contribution in [0.25, 0.3) is 110 Å². The van der Waals surface area contributed by atoms with Crippen molar-refractivity contribution in [3.8, 4) is 78.3 Å². The van der Waals surface area contributed by atoms with Gasteiger partial charge in [0.1, 0.15) is 11.5 Å². The van der Waals surface area contributed by atoms with Crippen LogP contribution in [0.3, 0.4) is 0 Å². The van der Waals surface area contributed by atoms with Gasteiger partial charge >= 0.3 is 49.4 Å². The summed E-state index contributed by atoms with van der Waals surface area (Å²) in [5, 5.41) is 27.2. The summed E-state index contributed by atoms with van der Waals surface area (Å²) in [4.78, 5) is -2.78. The van der Waals surface area contributed by atoms with Crippen molar-refractivity contribution in [2.75, 3.05) is 9.44 Å². The molecular weight excluding hydrogens is 1650 g/mol. The van der Waals surface area contributed by atoms with Gasteiger partial charge < -0.3 is 10.2 Å². The highest BCUT2D eigenvalue weighted by Crippen LogP contribution is 2.55. The highest BCUT2D eigenvalue weighted by Gasteiger charge is 2.43. The molecule has 0 aromatic heterocycles. The van der Waals surface area contributed by atoms with E-state index in [0.717, 1.165) is 12.1 Å². The van der Waals surface area contributed by atoms with Crippen LogP contribution >= 0.6 is 0 Å². The molecule has 0 atom stereocenters. The van der Waals surface area contributed by atoms with E-state index >= 15 is 0 Å². The van der Waals surface area contributed by atoms with E-state index in [1.54, 1.807) is 72.8 Å². The lowest BCUT2D eigenvalue weighted by atomic mass is 9.84. The average Bonchev–Trinajstić information content (AvgIpc) is 0.738. The van der Waals surface area contributed by atoms with Gasteiger partial charge in [-0.05, 0) is 162 Å². The summed E-state index contributed by atoms with van der Waals surface area (Å²) in [6.45, 7) is 0. The molecule has 14 rings (SSSR count). The van der Waals surface area contributed by atoms with Gasteiger partial charge in [0.05, 0.1) is 65.7 Å². The Labute approximate surface area is 650 Å². The number of benzene rings is 14. The number of rotatable bonds is 12. The maximum atomic E-state index is 14.1. The van der Waals surface area contributed by atoms with Crippen LogP contribution in [0.5, 0.6) is 11.5 Å². The Bertz CT molecular complexity index is 6060. The first-order valence-electron chi connectivity index (χ1n) is 33.8. The summed E-state index contributed by atoms with van der Waals surface area (Å²) in [6.07, 6.45) is -42.3. The number of phenolic OH excluding ortho intramolecular Hbond substituents is 2. The maximum Gasteiger partial charge on any atom is 0.416 e. The number of aromatic hydroxyl groups is 2. The monoisotopic (exact) mass is 1700 g/mol. The molecule has 608 valence electrons. The number of anilines is 2. The molecule has 8 nitrogen and oxygen atoms in total. The minimum Gasteiger partial charge on any atom is -0.507 e. The zero-order valence-electron chi connectivity index (χ0n) is 58.7. The normalized spacial score (nSPS) is 12.9. The number of fused-ring (bicyclic) bond motifs is 4. The molecule has 0 bridgehead atoms. The van der Waals surface area contributed by atoms with E-state index in [1.165, 1.54) is 97.1 Å². The molecular formula is C84H46F24N2O6S2. The van der Waals surface area contributed by atoms with Crippen molar-refractivity contribution < 1.29 is 132 Å². The Morgan fingerprint density at radius 3 is 0.720 bits per heavy atom. The molecule has 0 aliphatic carbocycles. The third-order valence-electron chi connectivity index (χ3n) is 18.9. The van der Waals surface area contributed by atoms with E-state index in [9.17, 15) is 132 Å². The Morgan fingerprint density at radius 2 is 0.449 bits per heavy atom. The lowest BCUT2D eigenvalue weighted by Crippen LogP contribution is -2.18. The first kappa shape index (κ1) is 83.5. The van der Waals surface area contributed by atoms with Crippen molar-refractivity contribution in [3.05, 3.63) is 299 Å². The number of nitrogens with one attached hydrogen (secondary N) is 2. The van der Waals surface area contributed by atoms with Crippen LogP contribution in [0.2, 0.25) is 0 Å². The van der Waals surface area contributed by atoms with Gasteiger partial charge in [0, 0.05) is 44.5 Å². The van der Waals surface area contributed by atoms with Crippen LogP contribution < -0.4 is 9.44 Å². The van der Waals surface area contributed by atoms with Crippen molar-refractivity contribution >= 4 is 74.5 Å². The van der Waals surface area contributed by atoms with Gasteiger partial charge in [0.2, 0.25) is 0 Å². The molecule has 14 aromatic carbocycles. The first-order valence-corrected chi connectivity index (χ1v) is 36.8. The summed E-state index contributed by atoms with van der Waals surface area (Å²) in [5.74, 6) is -1.32. The molecule has 0 radical (unpaired) electrons. The van der Waals surface area contributed by atoms with Crippen molar-refractivity contribution in [3.63, 3.8) is 0 Å². The second-order valence-electron chi connectivity index (χ2n) is 26.5. The van der Waals surface area contributed by atoms with Crippen molar-refractivity contribution in [1.29, 1.82) is 0 Å². The summed E-state index contributed by atoms with van der Waals surface area (Å²) >= 11 is 0. The number of sulfonamides is 2. The molecule has 14 aromatic rings. The summed E-state index contributed by atoms with van der Waals surface area (Å²) < 4.78 is 391. The molecule has 0 saturated carbocycles. The van der Waals surface area contributed by atoms with Crippen LogP contribution in [0, 0.1) is 0 Å². The van der Waals surface area contributed by atoms with Gasteiger partial charge in [-0.1, -0.05) is 158 Å².